The minimum absolute atomic E-state index is 0.146. The molecule has 16 heavy (non-hydrogen) atoms. The Morgan fingerprint density at radius 3 is 2.75 bits per heavy atom. The minimum Gasteiger partial charge on any atom is -0.341 e. The van der Waals surface area contributed by atoms with Gasteiger partial charge in [-0.3, -0.25) is 4.79 Å². The SMILES string of the molecule is CSCC[C@H](N)C(=O)N1CC[C@@H](C)[C@@H](C)C1. The molecule has 0 aromatic carbocycles. The topological polar surface area (TPSA) is 46.3 Å². The van der Waals surface area contributed by atoms with Crippen LogP contribution in [0.5, 0.6) is 0 Å². The highest BCUT2D eigenvalue weighted by Crippen LogP contribution is 2.22. The summed E-state index contributed by atoms with van der Waals surface area (Å²) in [4.78, 5) is 14.0. The molecule has 0 aromatic rings. The van der Waals surface area contributed by atoms with Gasteiger partial charge in [-0.25, -0.2) is 0 Å². The summed E-state index contributed by atoms with van der Waals surface area (Å²) in [6.45, 7) is 6.25. The largest absolute Gasteiger partial charge is 0.341 e. The van der Waals surface area contributed by atoms with E-state index >= 15 is 0 Å². The number of likely N-dealkylation sites (tertiary alicyclic amines) is 1. The highest BCUT2D eigenvalue weighted by molar-refractivity contribution is 7.98. The second kappa shape index (κ2) is 6.50. The summed E-state index contributed by atoms with van der Waals surface area (Å²) in [5.41, 5.74) is 5.91. The first-order chi connectivity index (χ1) is 7.56. The van der Waals surface area contributed by atoms with Crippen LogP contribution in [0.25, 0.3) is 0 Å². The van der Waals surface area contributed by atoms with E-state index in [-0.39, 0.29) is 11.9 Å². The lowest BCUT2D eigenvalue weighted by Gasteiger charge is -2.36. The molecule has 1 saturated heterocycles. The zero-order chi connectivity index (χ0) is 12.1. The van der Waals surface area contributed by atoms with E-state index in [1.54, 1.807) is 11.8 Å². The van der Waals surface area contributed by atoms with Gasteiger partial charge in [0.1, 0.15) is 0 Å². The summed E-state index contributed by atoms with van der Waals surface area (Å²) < 4.78 is 0. The van der Waals surface area contributed by atoms with Crippen molar-refractivity contribution in [1.82, 2.24) is 4.90 Å². The third kappa shape index (κ3) is 3.67. The minimum atomic E-state index is -0.298. The van der Waals surface area contributed by atoms with E-state index in [0.29, 0.717) is 5.92 Å². The van der Waals surface area contributed by atoms with Gasteiger partial charge in [0.25, 0.3) is 0 Å². The molecule has 0 saturated carbocycles. The van der Waals surface area contributed by atoms with E-state index in [1.807, 2.05) is 11.2 Å². The summed E-state index contributed by atoms with van der Waals surface area (Å²) in [5.74, 6) is 2.44. The number of rotatable bonds is 4. The van der Waals surface area contributed by atoms with Crippen LogP contribution in [-0.2, 0) is 4.79 Å². The smallest absolute Gasteiger partial charge is 0.239 e. The Morgan fingerprint density at radius 2 is 2.19 bits per heavy atom. The third-order valence-corrected chi connectivity index (χ3v) is 4.24. The molecule has 1 amide bonds. The first-order valence-electron chi connectivity index (χ1n) is 6.09. The van der Waals surface area contributed by atoms with Crippen molar-refractivity contribution in [2.24, 2.45) is 17.6 Å². The van der Waals surface area contributed by atoms with Crippen LogP contribution in [0.15, 0.2) is 0 Å². The lowest BCUT2D eigenvalue weighted by atomic mass is 9.88. The molecule has 0 radical (unpaired) electrons. The number of thioether (sulfide) groups is 1. The number of hydrogen-bond acceptors (Lipinski definition) is 3. The van der Waals surface area contributed by atoms with E-state index in [9.17, 15) is 4.79 Å². The van der Waals surface area contributed by atoms with Gasteiger partial charge in [0.15, 0.2) is 0 Å². The normalized spacial score (nSPS) is 27.9. The van der Waals surface area contributed by atoms with E-state index in [4.69, 9.17) is 5.73 Å². The molecule has 94 valence electrons. The molecule has 1 fully saturated rings. The fraction of sp³-hybridized carbons (Fsp3) is 0.917. The van der Waals surface area contributed by atoms with Gasteiger partial charge in [0.2, 0.25) is 5.91 Å². The Bertz CT molecular complexity index is 235. The Balaban J connectivity index is 2.42. The second-order valence-corrected chi connectivity index (χ2v) is 5.90. The lowest BCUT2D eigenvalue weighted by Crippen LogP contribution is -2.49. The fourth-order valence-corrected chi connectivity index (χ4v) is 2.56. The summed E-state index contributed by atoms with van der Waals surface area (Å²) in [6, 6.07) is -0.298. The Hall–Kier alpha value is -0.220. The van der Waals surface area contributed by atoms with Crippen molar-refractivity contribution in [2.45, 2.75) is 32.7 Å². The number of piperidine rings is 1. The zero-order valence-corrected chi connectivity index (χ0v) is 11.4. The van der Waals surface area contributed by atoms with Crippen molar-refractivity contribution < 1.29 is 4.79 Å². The van der Waals surface area contributed by atoms with Crippen LogP contribution < -0.4 is 5.73 Å². The van der Waals surface area contributed by atoms with Gasteiger partial charge in [-0.15, -0.1) is 0 Å². The molecule has 0 unspecified atom stereocenters. The summed E-state index contributed by atoms with van der Waals surface area (Å²) >= 11 is 1.74. The molecule has 3 atom stereocenters. The maximum absolute atomic E-state index is 12.0. The molecule has 0 aromatic heterocycles. The number of nitrogens with two attached hydrogens (primary N) is 1. The van der Waals surface area contributed by atoms with Crippen molar-refractivity contribution in [3.05, 3.63) is 0 Å². The second-order valence-electron chi connectivity index (χ2n) is 4.92. The van der Waals surface area contributed by atoms with Gasteiger partial charge in [0, 0.05) is 13.1 Å². The summed E-state index contributed by atoms with van der Waals surface area (Å²) in [5, 5.41) is 0. The molecule has 1 rings (SSSR count). The van der Waals surface area contributed by atoms with Crippen molar-refractivity contribution in [3.8, 4) is 0 Å². The third-order valence-electron chi connectivity index (χ3n) is 3.60. The Morgan fingerprint density at radius 1 is 1.50 bits per heavy atom. The highest BCUT2D eigenvalue weighted by Gasteiger charge is 2.28. The average Bonchev–Trinajstić information content (AvgIpc) is 2.28. The average molecular weight is 244 g/mol. The molecule has 3 nitrogen and oxygen atoms in total. The van der Waals surface area contributed by atoms with Crippen molar-refractivity contribution >= 4 is 17.7 Å². The van der Waals surface area contributed by atoms with Crippen LogP contribution in [0.3, 0.4) is 0 Å². The number of carbonyl (C=O) groups is 1. The van der Waals surface area contributed by atoms with Crippen LogP contribution in [0, 0.1) is 11.8 Å². The summed E-state index contributed by atoms with van der Waals surface area (Å²) in [7, 11) is 0. The first kappa shape index (κ1) is 13.8. The van der Waals surface area contributed by atoms with Crippen LogP contribution in [0.4, 0.5) is 0 Å². The predicted molar refractivity (Wildman–Crippen MR) is 70.5 cm³/mol. The number of carbonyl (C=O) groups excluding carboxylic acids is 1. The quantitative estimate of drug-likeness (QED) is 0.816. The zero-order valence-electron chi connectivity index (χ0n) is 10.6. The first-order valence-corrected chi connectivity index (χ1v) is 7.49. The molecule has 0 bridgehead atoms. The standard InChI is InChI=1S/C12H24N2OS/c1-9-4-6-14(8-10(9)2)12(15)11(13)5-7-16-3/h9-11H,4-8,13H2,1-3H3/t9-,10+,11+/m1/s1. The number of hydrogen-bond donors (Lipinski definition) is 1. The van der Waals surface area contributed by atoms with Gasteiger partial charge >= 0.3 is 0 Å². The van der Waals surface area contributed by atoms with E-state index in [0.717, 1.165) is 37.6 Å². The summed E-state index contributed by atoms with van der Waals surface area (Å²) in [6.07, 6.45) is 3.95. The lowest BCUT2D eigenvalue weighted by molar-refractivity contribution is -0.135. The molecule has 0 aliphatic carbocycles. The molecule has 1 aliphatic heterocycles. The van der Waals surface area contributed by atoms with E-state index in [2.05, 4.69) is 13.8 Å². The van der Waals surface area contributed by atoms with E-state index in [1.165, 1.54) is 0 Å². The molecule has 2 N–H and O–H groups in total. The molecule has 0 spiro atoms. The molecule has 4 heteroatoms. The Kier molecular flexibility index (Phi) is 5.62. The van der Waals surface area contributed by atoms with E-state index < -0.39 is 0 Å². The predicted octanol–water partition coefficient (Wildman–Crippen LogP) is 1.57. The van der Waals surface area contributed by atoms with Crippen LogP contribution >= 0.6 is 11.8 Å². The van der Waals surface area contributed by atoms with Gasteiger partial charge < -0.3 is 10.6 Å². The number of amides is 1. The van der Waals surface area contributed by atoms with Gasteiger partial charge in [0.05, 0.1) is 6.04 Å². The fourth-order valence-electron chi connectivity index (χ4n) is 2.07. The molecular weight excluding hydrogens is 220 g/mol. The van der Waals surface area contributed by atoms with Crippen molar-refractivity contribution in [2.75, 3.05) is 25.1 Å². The van der Waals surface area contributed by atoms with Crippen molar-refractivity contribution in [3.63, 3.8) is 0 Å². The van der Waals surface area contributed by atoms with Crippen LogP contribution in [0.1, 0.15) is 26.7 Å². The molecule has 1 heterocycles. The van der Waals surface area contributed by atoms with Crippen LogP contribution in [0.2, 0.25) is 0 Å². The number of nitrogens with zero attached hydrogens (tertiary/aromatic N) is 1. The molecule has 1 aliphatic rings. The van der Waals surface area contributed by atoms with Gasteiger partial charge in [-0.05, 0) is 36.7 Å². The van der Waals surface area contributed by atoms with Gasteiger partial charge in [-0.2, -0.15) is 11.8 Å². The maximum atomic E-state index is 12.0. The van der Waals surface area contributed by atoms with Gasteiger partial charge in [-0.1, -0.05) is 13.8 Å². The van der Waals surface area contributed by atoms with Crippen LogP contribution in [-0.4, -0.2) is 41.9 Å². The molecular formula is C12H24N2OS. The highest BCUT2D eigenvalue weighted by atomic mass is 32.2. The monoisotopic (exact) mass is 244 g/mol. The Labute approximate surface area is 103 Å². The van der Waals surface area contributed by atoms with Crippen molar-refractivity contribution in [1.29, 1.82) is 0 Å². The maximum Gasteiger partial charge on any atom is 0.239 e.